The van der Waals surface area contributed by atoms with Crippen LogP contribution in [-0.4, -0.2) is 41.8 Å². The van der Waals surface area contributed by atoms with Gasteiger partial charge in [0.05, 0.1) is 18.7 Å². The van der Waals surface area contributed by atoms with Gasteiger partial charge in [0.1, 0.15) is 11.8 Å². The number of likely N-dealkylation sites (tertiary alicyclic amines) is 1. The molecule has 0 aliphatic carbocycles. The number of hydrogen-bond acceptors (Lipinski definition) is 4. The number of piperidine rings is 1. The summed E-state index contributed by atoms with van der Waals surface area (Å²) >= 11 is 0. The first-order valence-electron chi connectivity index (χ1n) is 10.9. The zero-order valence-electron chi connectivity index (χ0n) is 18.0. The van der Waals surface area contributed by atoms with Gasteiger partial charge in [0.25, 0.3) is 5.91 Å². The van der Waals surface area contributed by atoms with Crippen LogP contribution in [0.5, 0.6) is 0 Å². The van der Waals surface area contributed by atoms with Crippen molar-refractivity contribution in [3.8, 4) is 0 Å². The van der Waals surface area contributed by atoms with E-state index in [1.54, 1.807) is 30.2 Å². The summed E-state index contributed by atoms with van der Waals surface area (Å²) in [5, 5.41) is 7.46. The fourth-order valence-electron chi connectivity index (χ4n) is 4.10. The number of nitrogens with zero attached hydrogens (tertiary/aromatic N) is 1. The van der Waals surface area contributed by atoms with E-state index < -0.39 is 6.04 Å². The molecular formula is C25H27N3O4. The van der Waals surface area contributed by atoms with Gasteiger partial charge in [-0.05, 0) is 48.7 Å². The minimum absolute atomic E-state index is 0.0662. The minimum Gasteiger partial charge on any atom is -0.467 e. The van der Waals surface area contributed by atoms with Crippen molar-refractivity contribution in [3.05, 3.63) is 72.2 Å². The Morgan fingerprint density at radius 1 is 1.09 bits per heavy atom. The van der Waals surface area contributed by atoms with Crippen LogP contribution in [0.1, 0.15) is 35.9 Å². The predicted molar refractivity (Wildman–Crippen MR) is 121 cm³/mol. The summed E-state index contributed by atoms with van der Waals surface area (Å²) in [5.41, 5.74) is 0.648. The highest BCUT2D eigenvalue weighted by Gasteiger charge is 2.30. The van der Waals surface area contributed by atoms with E-state index in [0.717, 1.165) is 17.2 Å². The molecular weight excluding hydrogens is 406 g/mol. The van der Waals surface area contributed by atoms with Crippen LogP contribution in [-0.2, 0) is 16.1 Å². The maximum Gasteiger partial charge on any atom is 0.254 e. The van der Waals surface area contributed by atoms with Gasteiger partial charge in [-0.1, -0.05) is 36.4 Å². The molecule has 2 atom stereocenters. The Labute approximate surface area is 186 Å². The molecule has 0 radical (unpaired) electrons. The van der Waals surface area contributed by atoms with Crippen LogP contribution in [0.3, 0.4) is 0 Å². The van der Waals surface area contributed by atoms with Crippen molar-refractivity contribution >= 4 is 28.5 Å². The molecule has 2 heterocycles. The van der Waals surface area contributed by atoms with E-state index in [2.05, 4.69) is 10.6 Å². The van der Waals surface area contributed by atoms with Crippen molar-refractivity contribution in [2.75, 3.05) is 13.1 Å². The number of amides is 3. The van der Waals surface area contributed by atoms with Crippen molar-refractivity contribution in [1.29, 1.82) is 0 Å². The molecule has 7 nitrogen and oxygen atoms in total. The molecule has 1 saturated heterocycles. The molecule has 0 bridgehead atoms. The van der Waals surface area contributed by atoms with Crippen molar-refractivity contribution in [1.82, 2.24) is 15.5 Å². The number of hydrogen-bond donors (Lipinski definition) is 2. The highest BCUT2D eigenvalue weighted by Crippen LogP contribution is 2.23. The second-order valence-electron chi connectivity index (χ2n) is 8.14. The molecule has 166 valence electrons. The number of rotatable bonds is 6. The van der Waals surface area contributed by atoms with E-state index in [-0.39, 0.29) is 30.2 Å². The Bertz CT molecular complexity index is 1100. The summed E-state index contributed by atoms with van der Waals surface area (Å²) in [6.45, 7) is 2.87. The average Bonchev–Trinajstić information content (AvgIpc) is 3.35. The van der Waals surface area contributed by atoms with Crippen molar-refractivity contribution in [2.45, 2.75) is 32.4 Å². The van der Waals surface area contributed by atoms with Gasteiger partial charge in [0.15, 0.2) is 0 Å². The van der Waals surface area contributed by atoms with Crippen molar-refractivity contribution in [3.63, 3.8) is 0 Å². The molecule has 2 unspecified atom stereocenters. The van der Waals surface area contributed by atoms with Crippen LogP contribution in [0.4, 0.5) is 0 Å². The molecule has 1 aliphatic rings. The van der Waals surface area contributed by atoms with E-state index in [4.69, 9.17) is 4.42 Å². The molecule has 2 aromatic carbocycles. The Kier molecular flexibility index (Phi) is 6.54. The zero-order valence-corrected chi connectivity index (χ0v) is 18.0. The van der Waals surface area contributed by atoms with Crippen LogP contribution in [0.15, 0.2) is 65.3 Å². The average molecular weight is 434 g/mol. The maximum atomic E-state index is 13.2. The van der Waals surface area contributed by atoms with E-state index in [9.17, 15) is 14.4 Å². The van der Waals surface area contributed by atoms with Crippen molar-refractivity contribution < 1.29 is 18.8 Å². The Morgan fingerprint density at radius 3 is 2.72 bits per heavy atom. The zero-order chi connectivity index (χ0) is 22.5. The van der Waals surface area contributed by atoms with Gasteiger partial charge in [-0.3, -0.25) is 14.4 Å². The smallest absolute Gasteiger partial charge is 0.254 e. The third-order valence-corrected chi connectivity index (χ3v) is 5.87. The lowest BCUT2D eigenvalue weighted by Crippen LogP contribution is -2.50. The summed E-state index contributed by atoms with van der Waals surface area (Å²) in [7, 11) is 0. The highest BCUT2D eigenvalue weighted by molar-refractivity contribution is 6.07. The van der Waals surface area contributed by atoms with Crippen molar-refractivity contribution in [2.24, 2.45) is 5.92 Å². The van der Waals surface area contributed by atoms with Crippen LogP contribution in [0, 0.1) is 5.92 Å². The van der Waals surface area contributed by atoms with Gasteiger partial charge in [0, 0.05) is 18.7 Å². The van der Waals surface area contributed by atoms with E-state index >= 15 is 0 Å². The molecule has 0 saturated carbocycles. The fourth-order valence-corrected chi connectivity index (χ4v) is 4.10. The quantitative estimate of drug-likeness (QED) is 0.625. The minimum atomic E-state index is -0.679. The maximum absolute atomic E-state index is 13.2. The fraction of sp³-hybridized carbons (Fsp3) is 0.320. The predicted octanol–water partition coefficient (Wildman–Crippen LogP) is 3.11. The van der Waals surface area contributed by atoms with Gasteiger partial charge >= 0.3 is 0 Å². The lowest BCUT2D eigenvalue weighted by molar-refractivity contribution is -0.131. The Balaban J connectivity index is 1.36. The second kappa shape index (κ2) is 9.68. The molecule has 1 aromatic heterocycles. The highest BCUT2D eigenvalue weighted by atomic mass is 16.3. The van der Waals surface area contributed by atoms with E-state index in [0.29, 0.717) is 30.8 Å². The molecule has 2 N–H and O–H groups in total. The summed E-state index contributed by atoms with van der Waals surface area (Å²) < 4.78 is 5.20. The molecule has 4 rings (SSSR count). The van der Waals surface area contributed by atoms with Gasteiger partial charge in [-0.2, -0.15) is 0 Å². The second-order valence-corrected chi connectivity index (χ2v) is 8.14. The molecule has 7 heteroatoms. The third-order valence-electron chi connectivity index (χ3n) is 5.87. The molecule has 3 aromatic rings. The van der Waals surface area contributed by atoms with Gasteiger partial charge in [-0.25, -0.2) is 0 Å². The Morgan fingerprint density at radius 2 is 1.91 bits per heavy atom. The van der Waals surface area contributed by atoms with Gasteiger partial charge in [0.2, 0.25) is 11.8 Å². The van der Waals surface area contributed by atoms with E-state index in [1.807, 2.05) is 42.5 Å². The van der Waals surface area contributed by atoms with Gasteiger partial charge in [-0.15, -0.1) is 0 Å². The largest absolute Gasteiger partial charge is 0.467 e. The SMILES string of the molecule is CC(NC(=O)C1CCCN(C(=O)c2cccc3ccccc23)C1)C(=O)NCc1ccco1. The van der Waals surface area contributed by atoms with Crippen LogP contribution >= 0.6 is 0 Å². The van der Waals surface area contributed by atoms with Gasteiger partial charge < -0.3 is 20.0 Å². The van der Waals surface area contributed by atoms with E-state index in [1.165, 1.54) is 0 Å². The Hall–Kier alpha value is -3.61. The number of carbonyl (C=O) groups excluding carboxylic acids is 3. The molecule has 1 fully saturated rings. The summed E-state index contributed by atoms with van der Waals surface area (Å²) in [5.74, 6) is -0.256. The molecule has 32 heavy (non-hydrogen) atoms. The molecule has 0 spiro atoms. The molecule has 1 aliphatic heterocycles. The normalized spacial score (nSPS) is 17.0. The summed E-state index contributed by atoms with van der Waals surface area (Å²) in [6.07, 6.45) is 2.97. The first-order valence-corrected chi connectivity index (χ1v) is 10.9. The standard InChI is InChI=1S/C25H27N3O4/c1-17(23(29)26-15-20-10-6-14-32-20)27-24(30)19-9-5-13-28(16-19)25(31)22-12-4-8-18-7-2-3-11-21(18)22/h2-4,6-8,10-12,14,17,19H,5,9,13,15-16H2,1H3,(H,26,29)(H,27,30). The first kappa shape index (κ1) is 21.6. The lowest BCUT2D eigenvalue weighted by Gasteiger charge is -2.33. The number of fused-ring (bicyclic) bond motifs is 1. The number of benzene rings is 2. The number of nitrogens with one attached hydrogen (secondary N) is 2. The van der Waals surface area contributed by atoms with Crippen LogP contribution < -0.4 is 10.6 Å². The molecule has 3 amide bonds. The third kappa shape index (κ3) is 4.82. The lowest BCUT2D eigenvalue weighted by atomic mass is 9.95. The van der Waals surface area contributed by atoms with Crippen LogP contribution in [0.2, 0.25) is 0 Å². The number of furan rings is 1. The number of carbonyl (C=O) groups is 3. The van der Waals surface area contributed by atoms with Crippen LogP contribution in [0.25, 0.3) is 10.8 Å². The first-order chi connectivity index (χ1) is 15.5. The summed E-state index contributed by atoms with van der Waals surface area (Å²) in [4.78, 5) is 40.1. The topological polar surface area (TPSA) is 91.7 Å². The summed E-state index contributed by atoms with van der Waals surface area (Å²) in [6, 6.07) is 16.3. The monoisotopic (exact) mass is 433 g/mol.